The van der Waals surface area contributed by atoms with Crippen LogP contribution in [0.15, 0.2) is 18.5 Å². The Morgan fingerprint density at radius 2 is 2.00 bits per heavy atom. The second-order valence-corrected chi connectivity index (χ2v) is 3.36. The number of hydrogen-bond donors (Lipinski definition) is 0. The molecule has 1 aromatic rings. The van der Waals surface area contributed by atoms with Crippen LogP contribution in [0.3, 0.4) is 0 Å². The Bertz CT molecular complexity index is 248. The maximum absolute atomic E-state index is 6.50. The zero-order valence-corrected chi connectivity index (χ0v) is 9.24. The summed E-state index contributed by atoms with van der Waals surface area (Å²) in [5.41, 5.74) is 1.48. The van der Waals surface area contributed by atoms with Gasteiger partial charge in [0.25, 0.3) is 0 Å². The molecule has 0 aliphatic carbocycles. The first kappa shape index (κ1) is 12.8. The molecular formula is C12H20N2. The highest BCUT2D eigenvalue weighted by Gasteiger charge is 1.94. The van der Waals surface area contributed by atoms with Crippen LogP contribution in [0.25, 0.3) is 0 Å². The van der Waals surface area contributed by atoms with E-state index in [1.165, 1.54) is 37.8 Å². The molecule has 1 aromatic heterocycles. The van der Waals surface area contributed by atoms with Crippen molar-refractivity contribution in [2.75, 3.05) is 0 Å². The molecule has 0 N–H and O–H groups in total. The Morgan fingerprint density at radius 1 is 1.29 bits per heavy atom. The van der Waals surface area contributed by atoms with Crippen LogP contribution in [0.1, 0.15) is 38.7 Å². The van der Waals surface area contributed by atoms with E-state index in [9.17, 15) is 0 Å². The van der Waals surface area contributed by atoms with Gasteiger partial charge >= 0.3 is 0 Å². The predicted octanol–water partition coefficient (Wildman–Crippen LogP) is 3.38. The lowest BCUT2D eigenvalue weighted by molar-refractivity contribution is 0.633. The minimum Gasteiger partial charge on any atom is -0.354 e. The summed E-state index contributed by atoms with van der Waals surface area (Å²) in [5, 5.41) is 6.50. The van der Waals surface area contributed by atoms with Crippen molar-refractivity contribution in [2.24, 2.45) is 0 Å². The van der Waals surface area contributed by atoms with Gasteiger partial charge in [-0.15, -0.1) is 0 Å². The Kier molecular flexibility index (Phi) is 7.64. The molecule has 0 atom stereocenters. The lowest BCUT2D eigenvalue weighted by Gasteiger charge is -1.99. The van der Waals surface area contributed by atoms with Crippen molar-refractivity contribution >= 4 is 0 Å². The van der Waals surface area contributed by atoms with Gasteiger partial charge in [-0.2, -0.15) is 0 Å². The molecule has 1 heterocycles. The highest BCUT2D eigenvalue weighted by molar-refractivity contribution is 5.10. The van der Waals surface area contributed by atoms with E-state index in [4.69, 9.17) is 5.26 Å². The molecule has 0 spiro atoms. The normalized spacial score (nSPS) is 9.14. The van der Waals surface area contributed by atoms with Gasteiger partial charge in [-0.25, -0.2) is 5.26 Å². The van der Waals surface area contributed by atoms with Gasteiger partial charge < -0.3 is 4.57 Å². The van der Waals surface area contributed by atoms with Crippen molar-refractivity contribution in [2.45, 2.75) is 46.1 Å². The highest BCUT2D eigenvalue weighted by Crippen LogP contribution is 2.05. The van der Waals surface area contributed by atoms with Gasteiger partial charge in [0.05, 0.1) is 0 Å². The average molecular weight is 192 g/mol. The molecule has 0 fully saturated rings. The second kappa shape index (κ2) is 8.37. The fourth-order valence-electron chi connectivity index (χ4n) is 1.41. The first-order chi connectivity index (χ1) is 6.86. The molecule has 0 amide bonds. The zero-order valence-electron chi connectivity index (χ0n) is 9.24. The van der Waals surface area contributed by atoms with Gasteiger partial charge in [-0.3, -0.25) is 0 Å². The molecule has 0 saturated carbocycles. The molecule has 0 saturated heterocycles. The van der Waals surface area contributed by atoms with Crippen molar-refractivity contribution in [1.29, 1.82) is 5.26 Å². The Labute approximate surface area is 87.2 Å². The molecule has 14 heavy (non-hydrogen) atoms. The molecule has 2 heteroatoms. The van der Waals surface area contributed by atoms with Gasteiger partial charge in [0.2, 0.25) is 0 Å². The second-order valence-electron chi connectivity index (χ2n) is 3.36. The van der Waals surface area contributed by atoms with Crippen molar-refractivity contribution in [1.82, 2.24) is 4.57 Å². The van der Waals surface area contributed by atoms with Crippen LogP contribution in [0.5, 0.6) is 0 Å². The standard InChI is InChI=1S/C11H19N.CHN/c1-3-5-8-12-9-7-11(10-12)6-4-2;1-2/h7,9-10H,3-6,8H2,1-2H3;1H. The van der Waals surface area contributed by atoms with Crippen molar-refractivity contribution in [3.05, 3.63) is 24.0 Å². The van der Waals surface area contributed by atoms with E-state index in [2.05, 4.69) is 43.4 Å². The fourth-order valence-corrected chi connectivity index (χ4v) is 1.41. The smallest absolute Gasteiger partial charge is 0.0462 e. The molecule has 2 nitrogen and oxygen atoms in total. The zero-order chi connectivity index (χ0) is 10.8. The van der Waals surface area contributed by atoms with E-state index < -0.39 is 0 Å². The molecule has 78 valence electrons. The van der Waals surface area contributed by atoms with Crippen LogP contribution in [-0.2, 0) is 13.0 Å². The maximum Gasteiger partial charge on any atom is 0.0462 e. The van der Waals surface area contributed by atoms with Crippen molar-refractivity contribution in [3.8, 4) is 6.57 Å². The summed E-state index contributed by atoms with van der Waals surface area (Å²) in [4.78, 5) is 0. The summed E-state index contributed by atoms with van der Waals surface area (Å²) < 4.78 is 2.30. The number of rotatable bonds is 5. The number of aryl methyl sites for hydroxylation is 2. The highest BCUT2D eigenvalue weighted by atomic mass is 14.9. The summed E-state index contributed by atoms with van der Waals surface area (Å²) in [6.07, 6.45) is 9.51. The van der Waals surface area contributed by atoms with E-state index in [0.29, 0.717) is 0 Å². The van der Waals surface area contributed by atoms with Crippen LogP contribution < -0.4 is 0 Å². The molecule has 0 unspecified atom stereocenters. The molecule has 0 aromatic carbocycles. The van der Waals surface area contributed by atoms with Gasteiger partial charge in [0.15, 0.2) is 0 Å². The minimum atomic E-state index is 1.18. The van der Waals surface area contributed by atoms with Crippen LogP contribution in [0.4, 0.5) is 0 Å². The Hall–Kier alpha value is -1.23. The van der Waals surface area contributed by atoms with E-state index in [0.717, 1.165) is 0 Å². The molecular weight excluding hydrogens is 172 g/mol. The molecule has 1 rings (SSSR count). The third kappa shape index (κ3) is 4.71. The first-order valence-electron chi connectivity index (χ1n) is 5.27. The third-order valence-corrected chi connectivity index (χ3v) is 2.12. The lowest BCUT2D eigenvalue weighted by Crippen LogP contribution is -1.92. The van der Waals surface area contributed by atoms with Crippen LogP contribution in [0, 0.1) is 11.8 Å². The Morgan fingerprint density at radius 3 is 2.57 bits per heavy atom. The number of aromatic nitrogens is 1. The maximum atomic E-state index is 6.50. The van der Waals surface area contributed by atoms with Crippen LogP contribution >= 0.6 is 0 Å². The summed E-state index contributed by atoms with van der Waals surface area (Å²) in [6.45, 7) is 9.14. The van der Waals surface area contributed by atoms with Gasteiger partial charge in [0, 0.05) is 25.5 Å². The van der Waals surface area contributed by atoms with Crippen LogP contribution in [0.2, 0.25) is 0 Å². The van der Waals surface area contributed by atoms with E-state index in [1.807, 2.05) is 0 Å². The molecule has 0 aliphatic rings. The number of nitriles is 1. The molecule has 0 bridgehead atoms. The first-order valence-corrected chi connectivity index (χ1v) is 5.27. The van der Waals surface area contributed by atoms with Crippen molar-refractivity contribution in [3.63, 3.8) is 0 Å². The number of nitrogens with zero attached hydrogens (tertiary/aromatic N) is 2. The topological polar surface area (TPSA) is 28.7 Å². The summed E-state index contributed by atoms with van der Waals surface area (Å²) in [6, 6.07) is 2.24. The van der Waals surface area contributed by atoms with Crippen molar-refractivity contribution < 1.29 is 0 Å². The summed E-state index contributed by atoms with van der Waals surface area (Å²) in [7, 11) is 0. The number of hydrogen-bond acceptors (Lipinski definition) is 1. The Balaban J connectivity index is 0.000000791. The van der Waals surface area contributed by atoms with E-state index >= 15 is 0 Å². The minimum absolute atomic E-state index is 1.18. The lowest BCUT2D eigenvalue weighted by atomic mass is 10.2. The number of unbranched alkanes of at least 4 members (excludes halogenated alkanes) is 1. The monoisotopic (exact) mass is 192 g/mol. The van der Waals surface area contributed by atoms with Gasteiger partial charge in [-0.1, -0.05) is 26.7 Å². The summed E-state index contributed by atoms with van der Waals surface area (Å²) >= 11 is 0. The largest absolute Gasteiger partial charge is 0.354 e. The van der Waals surface area contributed by atoms with E-state index in [-0.39, 0.29) is 0 Å². The van der Waals surface area contributed by atoms with Crippen LogP contribution in [-0.4, -0.2) is 4.57 Å². The SMILES string of the molecule is C#N.CCCCn1ccc(CCC)c1. The average Bonchev–Trinajstić information content (AvgIpc) is 2.66. The molecule has 0 radical (unpaired) electrons. The van der Waals surface area contributed by atoms with Gasteiger partial charge in [-0.05, 0) is 24.5 Å². The fraction of sp³-hybridized carbons (Fsp3) is 0.583. The molecule has 0 aliphatic heterocycles. The quantitative estimate of drug-likeness (QED) is 0.703. The summed E-state index contributed by atoms with van der Waals surface area (Å²) in [5.74, 6) is 0. The predicted molar refractivity (Wildman–Crippen MR) is 60.0 cm³/mol. The van der Waals surface area contributed by atoms with Gasteiger partial charge in [0.1, 0.15) is 0 Å². The van der Waals surface area contributed by atoms with E-state index in [1.54, 1.807) is 0 Å². The third-order valence-electron chi connectivity index (χ3n) is 2.12.